The quantitative estimate of drug-likeness (QED) is 0.646. The largest absolute Gasteiger partial charge is 0.396 e. The van der Waals surface area contributed by atoms with Crippen molar-refractivity contribution in [3.05, 3.63) is 0 Å². The zero-order valence-electron chi connectivity index (χ0n) is 6.09. The van der Waals surface area contributed by atoms with Crippen LogP contribution < -0.4 is 5.32 Å². The van der Waals surface area contributed by atoms with Crippen molar-refractivity contribution in [2.24, 2.45) is 0 Å². The third kappa shape index (κ3) is 16.4. The molecule has 3 nitrogen and oxygen atoms in total. The van der Waals surface area contributed by atoms with Crippen LogP contribution in [0, 0.1) is 0 Å². The molecule has 0 bridgehead atoms. The average molecular weight is 195 g/mol. The lowest BCUT2D eigenvalue weighted by Crippen LogP contribution is -2.22. The minimum Gasteiger partial charge on any atom is -0.396 e. The molecule has 0 heterocycles. The Morgan fingerprint density at radius 3 is 2.42 bits per heavy atom. The van der Waals surface area contributed by atoms with Crippen LogP contribution in [0.5, 0.6) is 0 Å². The van der Waals surface area contributed by atoms with Crippen LogP contribution >= 0.6 is 11.8 Å². The summed E-state index contributed by atoms with van der Waals surface area (Å²) in [6.07, 6.45) is 0. The SMILES string of the molecule is C.C.CC(=O)NCCSCCO. The van der Waals surface area contributed by atoms with E-state index in [1.807, 2.05) is 0 Å². The van der Waals surface area contributed by atoms with Crippen molar-refractivity contribution in [3.8, 4) is 0 Å². The number of hydrogen-bond acceptors (Lipinski definition) is 3. The highest BCUT2D eigenvalue weighted by Gasteiger charge is 1.89. The highest BCUT2D eigenvalue weighted by Crippen LogP contribution is 1.95. The number of carbonyl (C=O) groups excluding carboxylic acids is 1. The number of rotatable bonds is 5. The average Bonchev–Trinajstić information content (AvgIpc) is 1.87. The van der Waals surface area contributed by atoms with Crippen LogP contribution in [0.1, 0.15) is 21.8 Å². The van der Waals surface area contributed by atoms with Crippen molar-refractivity contribution in [2.45, 2.75) is 21.8 Å². The Kier molecular flexibility index (Phi) is 19.8. The van der Waals surface area contributed by atoms with Gasteiger partial charge >= 0.3 is 0 Å². The van der Waals surface area contributed by atoms with Crippen LogP contribution in [0.15, 0.2) is 0 Å². The van der Waals surface area contributed by atoms with Crippen molar-refractivity contribution < 1.29 is 9.90 Å². The molecule has 0 spiro atoms. The molecule has 0 saturated heterocycles. The summed E-state index contributed by atoms with van der Waals surface area (Å²) in [7, 11) is 0. The van der Waals surface area contributed by atoms with E-state index in [9.17, 15) is 4.79 Å². The molecule has 4 heteroatoms. The summed E-state index contributed by atoms with van der Waals surface area (Å²) in [6, 6.07) is 0. The van der Waals surface area contributed by atoms with E-state index in [-0.39, 0.29) is 27.4 Å². The van der Waals surface area contributed by atoms with E-state index in [0.717, 1.165) is 11.5 Å². The van der Waals surface area contributed by atoms with Gasteiger partial charge in [-0.1, -0.05) is 14.9 Å². The van der Waals surface area contributed by atoms with E-state index >= 15 is 0 Å². The third-order valence-corrected chi connectivity index (χ3v) is 1.82. The molecule has 0 saturated carbocycles. The topological polar surface area (TPSA) is 49.3 Å². The van der Waals surface area contributed by atoms with Gasteiger partial charge < -0.3 is 10.4 Å². The van der Waals surface area contributed by atoms with Gasteiger partial charge in [-0.15, -0.1) is 0 Å². The van der Waals surface area contributed by atoms with Crippen LogP contribution in [-0.2, 0) is 4.79 Å². The van der Waals surface area contributed by atoms with Crippen molar-refractivity contribution in [1.82, 2.24) is 5.32 Å². The maximum absolute atomic E-state index is 10.3. The van der Waals surface area contributed by atoms with E-state index in [1.165, 1.54) is 6.92 Å². The summed E-state index contributed by atoms with van der Waals surface area (Å²) in [6.45, 7) is 2.40. The fourth-order valence-electron chi connectivity index (χ4n) is 0.466. The second kappa shape index (κ2) is 13.4. The molecule has 76 valence electrons. The maximum atomic E-state index is 10.3. The molecule has 0 aliphatic heterocycles. The van der Waals surface area contributed by atoms with E-state index in [2.05, 4.69) is 5.32 Å². The first-order valence-corrected chi connectivity index (χ1v) is 4.36. The summed E-state index contributed by atoms with van der Waals surface area (Å²) < 4.78 is 0. The van der Waals surface area contributed by atoms with Crippen molar-refractivity contribution in [3.63, 3.8) is 0 Å². The molecule has 2 N–H and O–H groups in total. The number of nitrogens with one attached hydrogen (secondary N) is 1. The molecule has 1 amide bonds. The molecular weight excluding hydrogens is 174 g/mol. The molecule has 0 rings (SSSR count). The van der Waals surface area contributed by atoms with Gasteiger partial charge in [0.25, 0.3) is 0 Å². The van der Waals surface area contributed by atoms with Crippen molar-refractivity contribution >= 4 is 17.7 Å². The maximum Gasteiger partial charge on any atom is 0.216 e. The molecule has 0 aromatic carbocycles. The van der Waals surface area contributed by atoms with E-state index < -0.39 is 0 Å². The number of aliphatic hydroxyl groups is 1. The smallest absolute Gasteiger partial charge is 0.216 e. The number of thioether (sulfide) groups is 1. The van der Waals surface area contributed by atoms with Crippen molar-refractivity contribution in [1.29, 1.82) is 0 Å². The molecule has 0 fully saturated rings. The first kappa shape index (κ1) is 17.8. The van der Waals surface area contributed by atoms with Gasteiger partial charge in [0, 0.05) is 25.0 Å². The predicted molar refractivity (Wildman–Crippen MR) is 56.6 cm³/mol. The molecule has 0 radical (unpaired) electrons. The molecule has 0 unspecified atom stereocenters. The van der Waals surface area contributed by atoms with Crippen LogP contribution in [0.4, 0.5) is 0 Å². The zero-order chi connectivity index (χ0) is 7.82. The Bertz CT molecular complexity index is 99.1. The fraction of sp³-hybridized carbons (Fsp3) is 0.875. The van der Waals surface area contributed by atoms with Gasteiger partial charge in [0.2, 0.25) is 5.91 Å². The zero-order valence-corrected chi connectivity index (χ0v) is 6.91. The molecule has 0 aliphatic carbocycles. The van der Waals surface area contributed by atoms with Gasteiger partial charge in [-0.05, 0) is 0 Å². The number of amides is 1. The minimum atomic E-state index is 0. The Hall–Kier alpha value is -0.220. The molecule has 0 atom stereocenters. The Balaban J connectivity index is -0.000000405. The standard InChI is InChI=1S/C6H13NO2S.2CH4/c1-6(9)7-2-4-10-5-3-8;;/h8H,2-5H2,1H3,(H,7,9);2*1H4. The molecule has 0 aliphatic rings. The van der Waals surface area contributed by atoms with E-state index in [0.29, 0.717) is 6.54 Å². The van der Waals surface area contributed by atoms with Crippen LogP contribution in [0.3, 0.4) is 0 Å². The number of carbonyl (C=O) groups is 1. The second-order valence-corrected chi connectivity index (χ2v) is 3.04. The predicted octanol–water partition coefficient (Wildman–Crippen LogP) is 1.12. The summed E-state index contributed by atoms with van der Waals surface area (Å²) >= 11 is 1.63. The second-order valence-electron chi connectivity index (χ2n) is 1.82. The Morgan fingerprint density at radius 2 is 2.00 bits per heavy atom. The highest BCUT2D eigenvalue weighted by atomic mass is 32.2. The monoisotopic (exact) mass is 195 g/mol. The van der Waals surface area contributed by atoms with E-state index in [1.54, 1.807) is 11.8 Å². The van der Waals surface area contributed by atoms with E-state index in [4.69, 9.17) is 5.11 Å². The third-order valence-electron chi connectivity index (χ3n) is 0.856. The summed E-state index contributed by atoms with van der Waals surface area (Å²) in [5, 5.41) is 11.0. The minimum absolute atomic E-state index is 0. The van der Waals surface area contributed by atoms with Crippen LogP contribution in [0.2, 0.25) is 0 Å². The Labute approximate surface area is 79.9 Å². The number of aliphatic hydroxyl groups excluding tert-OH is 1. The van der Waals surface area contributed by atoms with Gasteiger partial charge in [0.1, 0.15) is 0 Å². The lowest BCUT2D eigenvalue weighted by Gasteiger charge is -1.99. The van der Waals surface area contributed by atoms with Gasteiger partial charge in [-0.25, -0.2) is 0 Å². The van der Waals surface area contributed by atoms with Crippen LogP contribution in [-0.4, -0.2) is 35.7 Å². The fourth-order valence-corrected chi connectivity index (χ4v) is 1.05. The van der Waals surface area contributed by atoms with Gasteiger partial charge in [-0.3, -0.25) is 4.79 Å². The normalized spacial score (nSPS) is 7.83. The van der Waals surface area contributed by atoms with Crippen LogP contribution in [0.25, 0.3) is 0 Å². The molecule has 12 heavy (non-hydrogen) atoms. The first-order valence-electron chi connectivity index (χ1n) is 3.20. The van der Waals surface area contributed by atoms with Gasteiger partial charge in [0.15, 0.2) is 0 Å². The summed E-state index contributed by atoms with van der Waals surface area (Å²) in [4.78, 5) is 10.3. The first-order chi connectivity index (χ1) is 4.77. The summed E-state index contributed by atoms with van der Waals surface area (Å²) in [5.41, 5.74) is 0. The highest BCUT2D eigenvalue weighted by molar-refractivity contribution is 7.99. The van der Waals surface area contributed by atoms with Gasteiger partial charge in [-0.2, -0.15) is 11.8 Å². The van der Waals surface area contributed by atoms with Gasteiger partial charge in [0.05, 0.1) is 6.61 Å². The lowest BCUT2D eigenvalue weighted by atomic mass is 10.6. The number of hydrogen-bond donors (Lipinski definition) is 2. The molecular formula is C8H21NO2S. The molecule has 0 aromatic heterocycles. The lowest BCUT2D eigenvalue weighted by molar-refractivity contribution is -0.118. The van der Waals surface area contributed by atoms with Crippen molar-refractivity contribution in [2.75, 3.05) is 24.7 Å². The molecule has 0 aromatic rings. The summed E-state index contributed by atoms with van der Waals surface area (Å²) in [5.74, 6) is 1.63. The Morgan fingerprint density at radius 1 is 1.42 bits per heavy atom.